The molecule has 0 spiro atoms. The van der Waals surface area contributed by atoms with Gasteiger partial charge in [0.15, 0.2) is 0 Å². The lowest BCUT2D eigenvalue weighted by atomic mass is 10.1. The summed E-state index contributed by atoms with van der Waals surface area (Å²) in [5, 5.41) is 13.1. The predicted molar refractivity (Wildman–Crippen MR) is 47.2 cm³/mol. The van der Waals surface area contributed by atoms with Crippen LogP contribution in [0.15, 0.2) is 0 Å². The molecule has 3 nitrogen and oxygen atoms in total. The molecule has 1 N–H and O–H groups in total. The van der Waals surface area contributed by atoms with Crippen molar-refractivity contribution in [2.45, 2.75) is 12.2 Å². The summed E-state index contributed by atoms with van der Waals surface area (Å²) in [6.45, 7) is 0. The van der Waals surface area contributed by atoms with E-state index in [0.717, 1.165) is 34.0 Å². The third-order valence-electron chi connectivity index (χ3n) is 1.94. The standard InChI is InChI=1S/C8H8N2OS/c1-2-7-6-5-12-4-3-8(6)10(11)9-7/h1,11H,3-5H2. The average molecular weight is 180 g/mol. The third kappa shape index (κ3) is 0.978. The van der Waals surface area contributed by atoms with E-state index in [0.29, 0.717) is 5.69 Å². The van der Waals surface area contributed by atoms with Crippen LogP contribution < -0.4 is 0 Å². The zero-order valence-electron chi connectivity index (χ0n) is 6.45. The van der Waals surface area contributed by atoms with Gasteiger partial charge in [-0.3, -0.25) is 0 Å². The summed E-state index contributed by atoms with van der Waals surface area (Å²) in [5.41, 5.74) is 2.48. The van der Waals surface area contributed by atoms with Crippen LogP contribution in [0.1, 0.15) is 17.0 Å². The lowest BCUT2D eigenvalue weighted by Gasteiger charge is -2.09. The van der Waals surface area contributed by atoms with Crippen LogP contribution in [-0.4, -0.2) is 20.9 Å². The van der Waals surface area contributed by atoms with Crippen molar-refractivity contribution in [2.75, 3.05) is 5.75 Å². The van der Waals surface area contributed by atoms with Crippen molar-refractivity contribution in [3.05, 3.63) is 17.0 Å². The number of hydrogen-bond acceptors (Lipinski definition) is 3. The van der Waals surface area contributed by atoms with Gasteiger partial charge in [-0.2, -0.15) is 11.8 Å². The Morgan fingerprint density at radius 2 is 2.50 bits per heavy atom. The van der Waals surface area contributed by atoms with Gasteiger partial charge in [-0.15, -0.1) is 16.4 Å². The highest BCUT2D eigenvalue weighted by Crippen LogP contribution is 2.26. The molecule has 1 aliphatic heterocycles. The van der Waals surface area contributed by atoms with Crippen LogP contribution in [0.2, 0.25) is 0 Å². The maximum Gasteiger partial charge on any atom is 0.142 e. The Bertz CT molecular complexity index is 351. The molecule has 0 atom stereocenters. The molecule has 0 unspecified atom stereocenters. The lowest BCUT2D eigenvalue weighted by Crippen LogP contribution is -2.06. The minimum Gasteiger partial charge on any atom is -0.411 e. The second kappa shape index (κ2) is 2.76. The molecule has 62 valence electrons. The normalized spacial score (nSPS) is 15.2. The van der Waals surface area contributed by atoms with Gasteiger partial charge in [-0.05, 0) is 11.7 Å². The first-order valence-electron chi connectivity index (χ1n) is 3.67. The molecular formula is C8H8N2OS. The second-order valence-corrected chi connectivity index (χ2v) is 3.72. The topological polar surface area (TPSA) is 38.0 Å². The fourth-order valence-electron chi connectivity index (χ4n) is 1.33. The molecule has 2 heterocycles. The van der Waals surface area contributed by atoms with Crippen molar-refractivity contribution >= 4 is 11.8 Å². The fraction of sp³-hybridized carbons (Fsp3) is 0.375. The Morgan fingerprint density at radius 3 is 3.25 bits per heavy atom. The Balaban J connectivity index is 2.56. The smallest absolute Gasteiger partial charge is 0.142 e. The summed E-state index contributed by atoms with van der Waals surface area (Å²) >= 11 is 1.82. The summed E-state index contributed by atoms with van der Waals surface area (Å²) < 4.78 is 0. The SMILES string of the molecule is C#Cc1nn(O)c2c1CSCC2. The van der Waals surface area contributed by atoms with E-state index in [-0.39, 0.29) is 0 Å². The van der Waals surface area contributed by atoms with Gasteiger partial charge in [0.25, 0.3) is 0 Å². The van der Waals surface area contributed by atoms with Gasteiger partial charge in [-0.25, -0.2) is 0 Å². The van der Waals surface area contributed by atoms with E-state index < -0.39 is 0 Å². The second-order valence-electron chi connectivity index (χ2n) is 2.61. The van der Waals surface area contributed by atoms with Crippen LogP contribution in [0.4, 0.5) is 0 Å². The molecular weight excluding hydrogens is 172 g/mol. The van der Waals surface area contributed by atoms with Crippen LogP contribution in [0, 0.1) is 12.3 Å². The first kappa shape index (κ1) is 7.56. The van der Waals surface area contributed by atoms with E-state index in [2.05, 4.69) is 11.0 Å². The van der Waals surface area contributed by atoms with Crippen molar-refractivity contribution in [3.8, 4) is 12.3 Å². The van der Waals surface area contributed by atoms with Crippen molar-refractivity contribution < 1.29 is 5.21 Å². The summed E-state index contributed by atoms with van der Waals surface area (Å²) in [7, 11) is 0. The molecule has 2 rings (SSSR count). The summed E-state index contributed by atoms with van der Waals surface area (Å²) in [6, 6.07) is 0. The molecule has 0 saturated carbocycles. The largest absolute Gasteiger partial charge is 0.411 e. The predicted octanol–water partition coefficient (Wildman–Crippen LogP) is 0.891. The molecule has 0 aromatic carbocycles. The first-order valence-corrected chi connectivity index (χ1v) is 4.83. The van der Waals surface area contributed by atoms with E-state index in [9.17, 15) is 5.21 Å². The summed E-state index contributed by atoms with van der Waals surface area (Å²) in [5.74, 6) is 4.37. The van der Waals surface area contributed by atoms with Crippen molar-refractivity contribution in [3.63, 3.8) is 0 Å². The zero-order chi connectivity index (χ0) is 8.55. The molecule has 0 aliphatic carbocycles. The van der Waals surface area contributed by atoms with Crippen LogP contribution >= 0.6 is 11.8 Å². The fourth-order valence-corrected chi connectivity index (χ4v) is 2.32. The van der Waals surface area contributed by atoms with Crippen molar-refractivity contribution in [1.82, 2.24) is 9.94 Å². The molecule has 0 saturated heterocycles. The highest BCUT2D eigenvalue weighted by atomic mass is 32.2. The Labute approximate surface area is 74.7 Å². The number of nitrogens with zero attached hydrogens (tertiary/aromatic N) is 2. The van der Waals surface area contributed by atoms with E-state index in [4.69, 9.17) is 6.42 Å². The molecule has 1 aromatic heterocycles. The minimum absolute atomic E-state index is 0.583. The number of hydrogen-bond donors (Lipinski definition) is 1. The molecule has 1 aliphatic rings. The van der Waals surface area contributed by atoms with Gasteiger partial charge in [0.05, 0.1) is 5.69 Å². The number of rotatable bonds is 0. The Kier molecular flexibility index (Phi) is 1.74. The summed E-state index contributed by atoms with van der Waals surface area (Å²) in [4.78, 5) is 0.921. The lowest BCUT2D eigenvalue weighted by molar-refractivity contribution is 0.140. The highest BCUT2D eigenvalue weighted by molar-refractivity contribution is 7.98. The first-order chi connectivity index (χ1) is 5.83. The molecule has 0 amide bonds. The number of thioether (sulfide) groups is 1. The van der Waals surface area contributed by atoms with Crippen LogP contribution in [-0.2, 0) is 12.2 Å². The van der Waals surface area contributed by atoms with Gasteiger partial charge in [-0.1, -0.05) is 0 Å². The van der Waals surface area contributed by atoms with Gasteiger partial charge >= 0.3 is 0 Å². The van der Waals surface area contributed by atoms with E-state index in [1.165, 1.54) is 0 Å². The number of terminal acetylenes is 1. The van der Waals surface area contributed by atoms with E-state index >= 15 is 0 Å². The van der Waals surface area contributed by atoms with E-state index in [1.807, 2.05) is 11.8 Å². The van der Waals surface area contributed by atoms with Gasteiger partial charge < -0.3 is 5.21 Å². The molecule has 4 heteroatoms. The minimum atomic E-state index is 0.583. The third-order valence-corrected chi connectivity index (χ3v) is 2.92. The maximum atomic E-state index is 9.31. The Morgan fingerprint density at radius 1 is 1.67 bits per heavy atom. The van der Waals surface area contributed by atoms with Gasteiger partial charge in [0.2, 0.25) is 0 Å². The molecule has 0 fully saturated rings. The number of aromatic nitrogens is 2. The van der Waals surface area contributed by atoms with Gasteiger partial charge in [0, 0.05) is 17.7 Å². The van der Waals surface area contributed by atoms with Gasteiger partial charge in [0.1, 0.15) is 5.69 Å². The average Bonchev–Trinajstić information content (AvgIpc) is 2.44. The van der Waals surface area contributed by atoms with E-state index in [1.54, 1.807) is 0 Å². The van der Waals surface area contributed by atoms with Crippen molar-refractivity contribution in [1.29, 1.82) is 0 Å². The molecule has 0 bridgehead atoms. The summed E-state index contributed by atoms with van der Waals surface area (Å²) in [6.07, 6.45) is 6.09. The Hall–Kier alpha value is -1.08. The molecule has 0 radical (unpaired) electrons. The van der Waals surface area contributed by atoms with Crippen LogP contribution in [0.3, 0.4) is 0 Å². The molecule has 1 aromatic rings. The van der Waals surface area contributed by atoms with Crippen LogP contribution in [0.25, 0.3) is 0 Å². The monoisotopic (exact) mass is 180 g/mol. The van der Waals surface area contributed by atoms with Crippen LogP contribution in [0.5, 0.6) is 0 Å². The zero-order valence-corrected chi connectivity index (χ0v) is 7.27. The molecule has 12 heavy (non-hydrogen) atoms. The van der Waals surface area contributed by atoms with Crippen molar-refractivity contribution in [2.24, 2.45) is 0 Å². The number of fused-ring (bicyclic) bond motifs is 1. The maximum absolute atomic E-state index is 9.31. The quantitative estimate of drug-likeness (QED) is 0.476. The highest BCUT2D eigenvalue weighted by Gasteiger charge is 2.19.